The second-order valence-corrected chi connectivity index (χ2v) is 5.53. The van der Waals surface area contributed by atoms with Gasteiger partial charge in [0, 0.05) is 21.4 Å². The third-order valence-electron chi connectivity index (χ3n) is 2.29. The van der Waals surface area contributed by atoms with Crippen LogP contribution in [0.15, 0.2) is 40.9 Å². The summed E-state index contributed by atoms with van der Waals surface area (Å²) >= 11 is 21.1. The van der Waals surface area contributed by atoms with Gasteiger partial charge in [0.25, 0.3) is 0 Å². The Morgan fingerprint density at radius 3 is 2.50 bits per heavy atom. The molecule has 0 aliphatic heterocycles. The Hall–Kier alpha value is -0.410. The molecule has 0 unspecified atom stereocenters. The van der Waals surface area contributed by atoms with E-state index in [-0.39, 0.29) is 0 Å². The molecule has 0 aliphatic rings. The van der Waals surface area contributed by atoms with Crippen LogP contribution in [0.4, 0.5) is 0 Å². The zero-order valence-electron chi connectivity index (χ0n) is 9.09. The molecule has 0 saturated carbocycles. The minimum absolute atomic E-state index is 0.443. The average Bonchev–Trinajstić information content (AvgIpc) is 2.34. The lowest BCUT2D eigenvalue weighted by molar-refractivity contribution is 0.482. The third-order valence-corrected chi connectivity index (χ3v) is 3.86. The normalized spacial score (nSPS) is 10.4. The second-order valence-electron chi connectivity index (χ2n) is 3.56. The predicted octanol–water partition coefficient (Wildman–Crippen LogP) is 6.29. The van der Waals surface area contributed by atoms with Crippen molar-refractivity contribution in [2.24, 2.45) is 0 Å². The van der Waals surface area contributed by atoms with Crippen LogP contribution in [0.25, 0.3) is 0 Å². The molecular weight excluding hydrogens is 358 g/mol. The van der Waals surface area contributed by atoms with E-state index < -0.39 is 0 Å². The summed E-state index contributed by atoms with van der Waals surface area (Å²) in [6.07, 6.45) is 0. The molecule has 18 heavy (non-hydrogen) atoms. The Morgan fingerprint density at radius 2 is 1.83 bits per heavy atom. The molecule has 0 atom stereocenters. The monoisotopic (exact) mass is 364 g/mol. The van der Waals surface area contributed by atoms with Gasteiger partial charge in [-0.2, -0.15) is 0 Å². The van der Waals surface area contributed by atoms with Crippen LogP contribution in [0.3, 0.4) is 0 Å². The topological polar surface area (TPSA) is 9.23 Å². The van der Waals surface area contributed by atoms with Crippen molar-refractivity contribution < 1.29 is 4.74 Å². The van der Waals surface area contributed by atoms with Gasteiger partial charge in [-0.15, -0.1) is 11.6 Å². The van der Waals surface area contributed by atoms with Crippen molar-refractivity contribution in [1.82, 2.24) is 0 Å². The number of benzene rings is 2. The van der Waals surface area contributed by atoms with Crippen LogP contribution in [-0.4, -0.2) is 0 Å². The summed E-state index contributed by atoms with van der Waals surface area (Å²) in [6.45, 7) is 0. The summed E-state index contributed by atoms with van der Waals surface area (Å²) in [5, 5.41) is 1.09. The van der Waals surface area contributed by atoms with Crippen LogP contribution in [0, 0.1) is 0 Å². The van der Waals surface area contributed by atoms with Gasteiger partial charge in [0.1, 0.15) is 11.5 Å². The van der Waals surface area contributed by atoms with Gasteiger partial charge in [0.15, 0.2) is 0 Å². The van der Waals surface area contributed by atoms with E-state index in [1.807, 2.05) is 18.2 Å². The highest BCUT2D eigenvalue weighted by Crippen LogP contribution is 2.33. The first-order valence-electron chi connectivity index (χ1n) is 5.07. The van der Waals surface area contributed by atoms with Crippen molar-refractivity contribution in [2.75, 3.05) is 0 Å². The molecule has 5 heteroatoms. The van der Waals surface area contributed by atoms with E-state index >= 15 is 0 Å². The molecule has 2 aromatic carbocycles. The third kappa shape index (κ3) is 3.33. The zero-order valence-corrected chi connectivity index (χ0v) is 12.9. The molecule has 0 aliphatic carbocycles. The van der Waals surface area contributed by atoms with Crippen LogP contribution >= 0.6 is 50.7 Å². The van der Waals surface area contributed by atoms with Crippen molar-refractivity contribution in [2.45, 2.75) is 5.88 Å². The SMILES string of the molecule is ClCc1ccc(Oc2cc(Cl)ccc2Cl)cc1Br. The van der Waals surface area contributed by atoms with Gasteiger partial charge in [-0.3, -0.25) is 0 Å². The van der Waals surface area contributed by atoms with E-state index in [1.54, 1.807) is 18.2 Å². The fourth-order valence-electron chi connectivity index (χ4n) is 1.38. The summed E-state index contributed by atoms with van der Waals surface area (Å²) in [6, 6.07) is 10.7. The van der Waals surface area contributed by atoms with Crippen molar-refractivity contribution in [3.05, 3.63) is 56.5 Å². The number of ether oxygens (including phenoxy) is 1. The first-order valence-corrected chi connectivity index (χ1v) is 7.16. The summed E-state index contributed by atoms with van der Waals surface area (Å²) in [5.74, 6) is 1.63. The number of hydrogen-bond donors (Lipinski definition) is 0. The quantitative estimate of drug-likeness (QED) is 0.580. The Bertz CT molecular complexity index is 572. The molecule has 2 aromatic rings. The molecule has 2 rings (SSSR count). The summed E-state index contributed by atoms with van der Waals surface area (Å²) < 4.78 is 6.58. The molecule has 0 fully saturated rings. The zero-order chi connectivity index (χ0) is 13.1. The molecule has 0 bridgehead atoms. The number of rotatable bonds is 3. The average molecular weight is 366 g/mol. The lowest BCUT2D eigenvalue weighted by Crippen LogP contribution is -1.87. The number of halogens is 4. The first kappa shape index (κ1) is 14.0. The molecule has 0 amide bonds. The maximum atomic E-state index is 6.03. The van der Waals surface area contributed by atoms with E-state index in [0.29, 0.717) is 27.4 Å². The van der Waals surface area contributed by atoms with E-state index in [1.165, 1.54) is 0 Å². The lowest BCUT2D eigenvalue weighted by atomic mass is 10.2. The van der Waals surface area contributed by atoms with Gasteiger partial charge in [-0.25, -0.2) is 0 Å². The van der Waals surface area contributed by atoms with Gasteiger partial charge in [0.05, 0.1) is 5.02 Å². The summed E-state index contributed by atoms with van der Waals surface area (Å²) in [4.78, 5) is 0. The molecule has 0 heterocycles. The summed E-state index contributed by atoms with van der Waals surface area (Å²) in [7, 11) is 0. The largest absolute Gasteiger partial charge is 0.456 e. The summed E-state index contributed by atoms with van der Waals surface area (Å²) in [5.41, 5.74) is 1.00. The van der Waals surface area contributed by atoms with Gasteiger partial charge in [0.2, 0.25) is 0 Å². The molecule has 0 radical (unpaired) electrons. The fourth-order valence-corrected chi connectivity index (χ4v) is 2.59. The molecule has 0 saturated heterocycles. The Labute approximate surface area is 129 Å². The standard InChI is InChI=1S/C13H8BrCl3O/c14-11-6-10(3-1-8(11)7-15)18-13-5-9(16)2-4-12(13)17/h1-6H,7H2. The molecule has 0 N–H and O–H groups in total. The number of alkyl halides is 1. The van der Waals surface area contributed by atoms with Crippen molar-refractivity contribution >= 4 is 50.7 Å². The molecule has 94 valence electrons. The van der Waals surface area contributed by atoms with Crippen LogP contribution in [0.5, 0.6) is 11.5 Å². The maximum absolute atomic E-state index is 6.03. The number of hydrogen-bond acceptors (Lipinski definition) is 1. The Kier molecular flexibility index (Phi) is 4.79. The van der Waals surface area contributed by atoms with Crippen molar-refractivity contribution in [1.29, 1.82) is 0 Å². The van der Waals surface area contributed by atoms with E-state index in [9.17, 15) is 0 Å². The molecule has 1 nitrogen and oxygen atoms in total. The Morgan fingerprint density at radius 1 is 1.06 bits per heavy atom. The molecular formula is C13H8BrCl3O. The predicted molar refractivity (Wildman–Crippen MR) is 80.2 cm³/mol. The van der Waals surface area contributed by atoms with Crippen LogP contribution in [0.1, 0.15) is 5.56 Å². The van der Waals surface area contributed by atoms with Gasteiger partial charge >= 0.3 is 0 Å². The van der Waals surface area contributed by atoms with Gasteiger partial charge < -0.3 is 4.74 Å². The van der Waals surface area contributed by atoms with Crippen molar-refractivity contribution in [3.63, 3.8) is 0 Å². The van der Waals surface area contributed by atoms with Gasteiger partial charge in [-0.1, -0.05) is 45.2 Å². The molecule has 0 aromatic heterocycles. The Balaban J connectivity index is 2.28. The lowest BCUT2D eigenvalue weighted by Gasteiger charge is -2.09. The minimum Gasteiger partial charge on any atom is -0.456 e. The maximum Gasteiger partial charge on any atom is 0.147 e. The van der Waals surface area contributed by atoms with E-state index in [4.69, 9.17) is 39.5 Å². The van der Waals surface area contributed by atoms with Crippen LogP contribution < -0.4 is 4.74 Å². The van der Waals surface area contributed by atoms with Crippen LogP contribution in [-0.2, 0) is 5.88 Å². The second kappa shape index (κ2) is 6.16. The smallest absolute Gasteiger partial charge is 0.147 e. The van der Waals surface area contributed by atoms with E-state index in [0.717, 1.165) is 10.0 Å². The van der Waals surface area contributed by atoms with Gasteiger partial charge in [-0.05, 0) is 29.8 Å². The first-order chi connectivity index (χ1) is 8.60. The highest BCUT2D eigenvalue weighted by atomic mass is 79.9. The van der Waals surface area contributed by atoms with Crippen molar-refractivity contribution in [3.8, 4) is 11.5 Å². The molecule has 0 spiro atoms. The van der Waals surface area contributed by atoms with E-state index in [2.05, 4.69) is 15.9 Å². The highest BCUT2D eigenvalue weighted by molar-refractivity contribution is 9.10. The van der Waals surface area contributed by atoms with Crippen LogP contribution in [0.2, 0.25) is 10.0 Å². The fraction of sp³-hybridized carbons (Fsp3) is 0.0769. The highest BCUT2D eigenvalue weighted by Gasteiger charge is 2.06. The minimum atomic E-state index is 0.443.